The smallest absolute Gasteiger partial charge is 0.493 e. The number of benzene rings is 3. The first-order valence-corrected chi connectivity index (χ1v) is 23.1. The summed E-state index contributed by atoms with van der Waals surface area (Å²) in [6.07, 6.45) is 0.197. The molecule has 0 aromatic heterocycles. The first-order valence-electron chi connectivity index (χ1n) is 22.0. The lowest BCUT2D eigenvalue weighted by Gasteiger charge is -2.62. The number of thioether (sulfide) groups is 1. The van der Waals surface area contributed by atoms with E-state index < -0.39 is 77.9 Å². The Morgan fingerprint density at radius 3 is 2.24 bits per heavy atom. The first kappa shape index (κ1) is 47.6. The molecule has 3 aromatic rings. The van der Waals surface area contributed by atoms with Crippen molar-refractivity contribution >= 4 is 42.1 Å². The second kappa shape index (κ2) is 18.5. The van der Waals surface area contributed by atoms with Crippen LogP contribution in [0, 0.1) is 25.2 Å². The summed E-state index contributed by atoms with van der Waals surface area (Å²) in [5, 5.41) is 10.5. The fraction of sp³-hybridized carbons (Fsp3) is 0.388. The van der Waals surface area contributed by atoms with E-state index in [0.717, 1.165) is 24.3 Å². The second-order valence-corrected chi connectivity index (χ2v) is 18.2. The number of carbonyl (C=O) groups is 5. The van der Waals surface area contributed by atoms with E-state index in [2.05, 4.69) is 30.7 Å². The van der Waals surface area contributed by atoms with Gasteiger partial charge in [-0.05, 0) is 68.1 Å². The minimum absolute atomic E-state index is 0.00821. The van der Waals surface area contributed by atoms with Gasteiger partial charge in [-0.1, -0.05) is 25.8 Å². The average Bonchev–Trinajstić information content (AvgIpc) is 3.82. The number of piperazine rings is 1. The lowest BCUT2D eigenvalue weighted by atomic mass is 9.71. The molecule has 70 heavy (non-hydrogen) atoms. The second-order valence-electron chi connectivity index (χ2n) is 17.1. The number of amides is 1. The number of carbonyl (C=O) groups excluding carboxylic acids is 5. The molecule has 2 fully saturated rings. The number of hydrogen-bond acceptors (Lipinski definition) is 20. The van der Waals surface area contributed by atoms with Gasteiger partial charge in [0.25, 0.3) is 0 Å². The van der Waals surface area contributed by atoms with Crippen LogP contribution in [0.5, 0.6) is 40.2 Å². The van der Waals surface area contributed by atoms with Crippen molar-refractivity contribution in [2.75, 3.05) is 47.0 Å². The highest BCUT2D eigenvalue weighted by atomic mass is 32.2. The van der Waals surface area contributed by atoms with Crippen molar-refractivity contribution in [3.63, 3.8) is 0 Å². The van der Waals surface area contributed by atoms with E-state index >= 15 is 4.79 Å². The number of methoxy groups -OCH3 is 2. The van der Waals surface area contributed by atoms with Gasteiger partial charge in [0.15, 0.2) is 40.0 Å². The van der Waals surface area contributed by atoms with Crippen molar-refractivity contribution in [3.05, 3.63) is 101 Å². The first-order chi connectivity index (χ1) is 33.7. The molecule has 7 aliphatic rings. The lowest BCUT2D eigenvalue weighted by molar-refractivity contribution is -0.162. The average molecular weight is 981 g/mol. The molecule has 7 aliphatic heterocycles. The maximum Gasteiger partial charge on any atom is 0.518 e. The number of esters is 2. The van der Waals surface area contributed by atoms with Gasteiger partial charge in [-0.2, -0.15) is 5.26 Å². The molecule has 2 saturated heterocycles. The third kappa shape index (κ3) is 7.31. The summed E-state index contributed by atoms with van der Waals surface area (Å²) in [7, 11) is 4.68. The Morgan fingerprint density at radius 2 is 1.57 bits per heavy atom. The molecule has 366 valence electrons. The van der Waals surface area contributed by atoms with Crippen molar-refractivity contribution < 1.29 is 76.1 Å². The van der Waals surface area contributed by atoms with Crippen LogP contribution in [0.2, 0.25) is 0 Å². The van der Waals surface area contributed by atoms with Gasteiger partial charge in [-0.25, -0.2) is 19.2 Å². The van der Waals surface area contributed by atoms with Crippen LogP contribution in [0.3, 0.4) is 0 Å². The minimum Gasteiger partial charge on any atom is -0.493 e. The Bertz CT molecular complexity index is 2830. The van der Waals surface area contributed by atoms with Crippen LogP contribution in [0.1, 0.15) is 68.8 Å². The molecule has 3 aromatic carbocycles. The number of ether oxygens (including phenoxy) is 11. The van der Waals surface area contributed by atoms with Crippen molar-refractivity contribution in [1.29, 1.82) is 5.26 Å². The quantitative estimate of drug-likeness (QED) is 0.0737. The summed E-state index contributed by atoms with van der Waals surface area (Å²) >= 11 is 1.23. The minimum atomic E-state index is -2.01. The fourth-order valence-corrected chi connectivity index (χ4v) is 12.9. The maximum absolute atomic E-state index is 15.6. The standard InChI is InChI=1S/C49H48N4O16S/c1-10-61-46(56)52-14-13-26-17-33(68-47(57)62-11-2)32(59-8)18-28(26)49(52)21-70-44-36-35(42-41(65-22-66-42)24(5)40(36)67-25(6)54)31(20-64-45(49)55)53-30(19-50)29-16-27-15-23(4)39(60-9)43(69-48(58)63-12-3)34(27)37(38(44)53)51(29)7/h10-12,15,17-18,29-31,37-38,44H,1-3,13-14,16,20-22H2,4-9H3/t29-,30-,31+,37+,38?,44+,49+/m0/s1. The normalized spacial score (nSPS) is 24.7. The molecule has 7 heterocycles. The fourth-order valence-electron chi connectivity index (χ4n) is 11.2. The predicted octanol–water partition coefficient (Wildman–Crippen LogP) is 6.89. The SMILES string of the molecule is C=COC(=O)Oc1cc2c(cc1OC)[C@@]1(CS[C@@H]3c4c(OC(C)=O)c(C)c5c(c4[C@@H](COC1=O)N1C3[C@H]3c4c(cc(C)c(OC)c4OC(=O)OC=C)C[C@@H]([C@@H]1C#N)N3C)OCO5)N(C(=O)OC=C)CC2. The topological polar surface area (TPSA) is 220 Å². The van der Waals surface area contributed by atoms with Crippen molar-refractivity contribution in [2.45, 2.75) is 74.6 Å². The number of aryl methyl sites for hydroxylation is 1. The molecule has 0 saturated carbocycles. The molecule has 1 amide bonds. The van der Waals surface area contributed by atoms with Crippen molar-refractivity contribution in [1.82, 2.24) is 14.7 Å². The van der Waals surface area contributed by atoms with Gasteiger partial charge in [0.05, 0.1) is 56.4 Å². The Labute approximate surface area is 406 Å². The number of hydrogen-bond donors (Lipinski definition) is 0. The third-order valence-corrected chi connectivity index (χ3v) is 15.2. The molecule has 0 N–H and O–H groups in total. The molecular formula is C49H48N4O16S. The molecule has 7 atom stereocenters. The van der Waals surface area contributed by atoms with Gasteiger partial charge < -0.3 is 52.1 Å². The zero-order chi connectivity index (χ0) is 49.9. The van der Waals surface area contributed by atoms with Crippen LogP contribution in [0.4, 0.5) is 14.4 Å². The molecular weight excluding hydrogens is 933 g/mol. The molecule has 1 spiro atoms. The predicted molar refractivity (Wildman–Crippen MR) is 245 cm³/mol. The van der Waals surface area contributed by atoms with Crippen LogP contribution in [0.15, 0.2) is 56.7 Å². The van der Waals surface area contributed by atoms with Gasteiger partial charge in [0, 0.05) is 53.6 Å². The molecule has 0 radical (unpaired) electrons. The molecule has 20 nitrogen and oxygen atoms in total. The number of nitrogens with zero attached hydrogens (tertiary/aromatic N) is 4. The Kier molecular flexibility index (Phi) is 12.6. The largest absolute Gasteiger partial charge is 0.518 e. The van der Waals surface area contributed by atoms with Crippen LogP contribution in [0.25, 0.3) is 0 Å². The van der Waals surface area contributed by atoms with Crippen molar-refractivity contribution in [2.24, 2.45) is 0 Å². The number of nitriles is 1. The molecule has 4 bridgehead atoms. The zero-order valence-corrected chi connectivity index (χ0v) is 39.8. The van der Waals surface area contributed by atoms with E-state index in [-0.39, 0.29) is 59.8 Å². The summed E-state index contributed by atoms with van der Waals surface area (Å²) in [5.74, 6) is -0.650. The molecule has 10 rings (SSSR count). The van der Waals surface area contributed by atoms with E-state index in [1.54, 1.807) is 6.92 Å². The van der Waals surface area contributed by atoms with Crippen LogP contribution >= 0.6 is 11.8 Å². The highest BCUT2D eigenvalue weighted by Gasteiger charge is 2.63. The van der Waals surface area contributed by atoms with Gasteiger partial charge in [-0.3, -0.25) is 19.5 Å². The number of fused-ring (bicyclic) bond motifs is 9. The molecule has 1 unspecified atom stereocenters. The Balaban J connectivity index is 1.34. The highest BCUT2D eigenvalue weighted by molar-refractivity contribution is 7.99. The van der Waals surface area contributed by atoms with Crippen LogP contribution < -0.4 is 33.2 Å². The Morgan fingerprint density at radius 1 is 0.857 bits per heavy atom. The Hall–Kier alpha value is -7.41. The number of rotatable bonds is 8. The molecule has 0 aliphatic carbocycles. The van der Waals surface area contributed by atoms with E-state index in [1.165, 1.54) is 49.9 Å². The van der Waals surface area contributed by atoms with Crippen LogP contribution in [-0.4, -0.2) is 110 Å². The van der Waals surface area contributed by atoms with E-state index in [9.17, 15) is 24.4 Å². The lowest BCUT2D eigenvalue weighted by Crippen LogP contribution is -2.69. The number of likely N-dealkylation sites (N-methyl/N-ethyl adjacent to an activating group) is 1. The maximum atomic E-state index is 15.6. The summed E-state index contributed by atoms with van der Waals surface area (Å²) in [4.78, 5) is 74.4. The van der Waals surface area contributed by atoms with Gasteiger partial charge in [0.2, 0.25) is 6.79 Å². The van der Waals surface area contributed by atoms with Crippen LogP contribution in [-0.2, 0) is 46.9 Å². The summed E-state index contributed by atoms with van der Waals surface area (Å²) in [6, 6.07) is 3.63. The van der Waals surface area contributed by atoms with Gasteiger partial charge >= 0.3 is 30.3 Å². The molecule has 21 heteroatoms. The summed E-state index contributed by atoms with van der Waals surface area (Å²) in [6.45, 7) is 14.6. The summed E-state index contributed by atoms with van der Waals surface area (Å²) in [5.41, 5.74) is 2.16. The third-order valence-electron chi connectivity index (χ3n) is 13.8. The monoisotopic (exact) mass is 980 g/mol. The van der Waals surface area contributed by atoms with E-state index in [1.807, 2.05) is 24.9 Å². The van der Waals surface area contributed by atoms with Gasteiger partial charge in [0.1, 0.15) is 18.4 Å². The van der Waals surface area contributed by atoms with Gasteiger partial charge in [-0.15, -0.1) is 11.8 Å². The zero-order valence-electron chi connectivity index (χ0n) is 39.0. The highest BCUT2D eigenvalue weighted by Crippen LogP contribution is 2.65. The summed E-state index contributed by atoms with van der Waals surface area (Å²) < 4.78 is 63.6. The van der Waals surface area contributed by atoms with Crippen molar-refractivity contribution in [3.8, 4) is 46.3 Å². The van der Waals surface area contributed by atoms with E-state index in [4.69, 9.17) is 52.1 Å². The van der Waals surface area contributed by atoms with E-state index in [0.29, 0.717) is 51.3 Å².